The zero-order valence-corrected chi connectivity index (χ0v) is 25.2. The summed E-state index contributed by atoms with van der Waals surface area (Å²) in [7, 11) is -3.45. The number of carbonyl (C=O) groups excluding carboxylic acids is 1. The van der Waals surface area contributed by atoms with Crippen molar-refractivity contribution in [3.05, 3.63) is 94.3 Å². The maximum absolute atomic E-state index is 15.2. The number of sulfonamides is 1. The Balaban J connectivity index is 1.36. The molecule has 3 atom stereocenters. The number of piperazine rings is 1. The third-order valence-corrected chi connectivity index (χ3v) is 10.6. The standard InChI is InChI=1S/C31H34ClF3N4O3S/c1-19-17-36-18-25(39(19)43(41,42)26-10-11-26)9-12-27-28(35)3-2-4-29(27)38-31(40)30(13-20-5-7-21(32)8-6-20)37-24-15-22(33)14-23(34)16-24/h2-8,14-16,19,25-26,30,36-37H,9-13,17-18H2,1H3,(H,38,40)/t19-,25-,30-/m0/s1. The number of nitrogens with zero attached hydrogens (tertiary/aromatic N) is 1. The Kier molecular flexibility index (Phi) is 9.65. The van der Waals surface area contributed by atoms with Crippen LogP contribution in [0.15, 0.2) is 60.7 Å². The van der Waals surface area contributed by atoms with Gasteiger partial charge in [0.15, 0.2) is 0 Å². The van der Waals surface area contributed by atoms with Crippen LogP contribution in [0, 0.1) is 17.5 Å². The highest BCUT2D eigenvalue weighted by Gasteiger charge is 2.45. The van der Waals surface area contributed by atoms with Gasteiger partial charge in [-0.15, -0.1) is 0 Å². The summed E-state index contributed by atoms with van der Waals surface area (Å²) in [5, 5.41) is 9.14. The molecule has 43 heavy (non-hydrogen) atoms. The fraction of sp³-hybridized carbons (Fsp3) is 0.387. The topological polar surface area (TPSA) is 90.5 Å². The fourth-order valence-electron chi connectivity index (χ4n) is 5.59. The summed E-state index contributed by atoms with van der Waals surface area (Å²) in [4.78, 5) is 13.6. The normalized spacial score (nSPS) is 20.0. The zero-order valence-electron chi connectivity index (χ0n) is 23.6. The lowest BCUT2D eigenvalue weighted by Crippen LogP contribution is -2.59. The number of anilines is 2. The number of rotatable bonds is 11. The monoisotopic (exact) mass is 634 g/mol. The quantitative estimate of drug-likeness (QED) is 0.259. The minimum absolute atomic E-state index is 0.0713. The molecular formula is C31H34ClF3N4O3S. The van der Waals surface area contributed by atoms with Gasteiger partial charge in [-0.3, -0.25) is 4.79 Å². The number of hydrogen-bond acceptors (Lipinski definition) is 5. The maximum atomic E-state index is 15.2. The van der Waals surface area contributed by atoms with Crippen LogP contribution in [0.5, 0.6) is 0 Å². The van der Waals surface area contributed by atoms with Gasteiger partial charge in [-0.05, 0) is 74.6 Å². The maximum Gasteiger partial charge on any atom is 0.247 e. The van der Waals surface area contributed by atoms with Gasteiger partial charge in [0.25, 0.3) is 0 Å². The van der Waals surface area contributed by atoms with Crippen molar-refractivity contribution in [1.29, 1.82) is 0 Å². The van der Waals surface area contributed by atoms with Gasteiger partial charge in [0.05, 0.1) is 5.25 Å². The number of halogens is 4. The van der Waals surface area contributed by atoms with E-state index >= 15 is 4.39 Å². The summed E-state index contributed by atoms with van der Waals surface area (Å²) < 4.78 is 71.0. The van der Waals surface area contributed by atoms with Crippen LogP contribution in [0.2, 0.25) is 5.02 Å². The third kappa shape index (κ3) is 7.70. The highest BCUT2D eigenvalue weighted by atomic mass is 35.5. The summed E-state index contributed by atoms with van der Waals surface area (Å²) in [6.07, 6.45) is 1.99. The van der Waals surface area contributed by atoms with Crippen LogP contribution in [-0.4, -0.2) is 55.1 Å². The van der Waals surface area contributed by atoms with Gasteiger partial charge in [0.1, 0.15) is 23.5 Å². The molecule has 3 aromatic carbocycles. The molecule has 1 aliphatic heterocycles. The predicted octanol–water partition coefficient (Wildman–Crippen LogP) is 5.51. The summed E-state index contributed by atoms with van der Waals surface area (Å²) >= 11 is 6.01. The first-order valence-corrected chi connectivity index (χ1v) is 16.2. The number of benzene rings is 3. The van der Waals surface area contributed by atoms with Gasteiger partial charge in [-0.1, -0.05) is 29.8 Å². The minimum Gasteiger partial charge on any atom is -0.373 e. The summed E-state index contributed by atoms with van der Waals surface area (Å²) in [5.41, 5.74) is 1.30. The highest BCUT2D eigenvalue weighted by Crippen LogP contribution is 2.35. The number of amides is 1. The van der Waals surface area contributed by atoms with Crippen molar-refractivity contribution in [3.8, 4) is 0 Å². The van der Waals surface area contributed by atoms with E-state index in [1.165, 1.54) is 12.1 Å². The largest absolute Gasteiger partial charge is 0.373 e. The minimum atomic E-state index is -3.45. The Bertz CT molecular complexity index is 1550. The highest BCUT2D eigenvalue weighted by molar-refractivity contribution is 7.90. The van der Waals surface area contributed by atoms with E-state index in [4.69, 9.17) is 11.6 Å². The molecule has 12 heteroatoms. The van der Waals surface area contributed by atoms with Crippen molar-refractivity contribution in [2.45, 2.75) is 62.4 Å². The van der Waals surface area contributed by atoms with Crippen LogP contribution in [0.3, 0.4) is 0 Å². The molecule has 0 bridgehead atoms. The van der Waals surface area contributed by atoms with Gasteiger partial charge < -0.3 is 16.0 Å². The van der Waals surface area contributed by atoms with Crippen molar-refractivity contribution in [3.63, 3.8) is 0 Å². The molecule has 3 N–H and O–H groups in total. The molecule has 3 aromatic rings. The third-order valence-electron chi connectivity index (χ3n) is 7.83. The summed E-state index contributed by atoms with van der Waals surface area (Å²) in [6.45, 7) is 2.86. The summed E-state index contributed by atoms with van der Waals surface area (Å²) in [6, 6.07) is 12.5. The first-order chi connectivity index (χ1) is 20.5. The van der Waals surface area contributed by atoms with Gasteiger partial charge in [0, 0.05) is 59.6 Å². The van der Waals surface area contributed by atoms with Crippen molar-refractivity contribution in [1.82, 2.24) is 9.62 Å². The molecule has 1 saturated carbocycles. The van der Waals surface area contributed by atoms with Gasteiger partial charge in [-0.2, -0.15) is 4.31 Å². The van der Waals surface area contributed by atoms with Crippen LogP contribution in [-0.2, 0) is 27.7 Å². The first-order valence-electron chi connectivity index (χ1n) is 14.3. The second kappa shape index (κ2) is 13.3. The SMILES string of the molecule is C[C@H]1CNC[C@H](CCc2c(F)cccc2NC(=O)[C@H](Cc2ccc(Cl)cc2)Nc2cc(F)cc(F)c2)N1S(=O)(=O)C1CC1. The molecule has 7 nitrogen and oxygen atoms in total. The number of nitrogens with one attached hydrogen (secondary N) is 3. The second-order valence-electron chi connectivity index (χ2n) is 11.2. The van der Waals surface area contributed by atoms with Crippen LogP contribution < -0.4 is 16.0 Å². The molecule has 2 fully saturated rings. The molecule has 1 heterocycles. The molecule has 5 rings (SSSR count). The predicted molar refractivity (Wildman–Crippen MR) is 162 cm³/mol. The number of hydrogen-bond donors (Lipinski definition) is 3. The first kappa shape index (κ1) is 31.3. The van der Waals surface area contributed by atoms with E-state index in [1.54, 1.807) is 34.6 Å². The van der Waals surface area contributed by atoms with E-state index in [2.05, 4.69) is 16.0 Å². The van der Waals surface area contributed by atoms with Gasteiger partial charge in [0.2, 0.25) is 15.9 Å². The Morgan fingerprint density at radius 1 is 1.05 bits per heavy atom. The molecular weight excluding hydrogens is 601 g/mol. The van der Waals surface area contributed by atoms with Crippen molar-refractivity contribution < 1.29 is 26.4 Å². The van der Waals surface area contributed by atoms with E-state index in [1.807, 2.05) is 6.92 Å². The van der Waals surface area contributed by atoms with Crippen LogP contribution in [0.25, 0.3) is 0 Å². The van der Waals surface area contributed by atoms with Gasteiger partial charge >= 0.3 is 0 Å². The fourth-order valence-corrected chi connectivity index (χ4v) is 7.96. The van der Waals surface area contributed by atoms with Crippen LogP contribution in [0.4, 0.5) is 24.5 Å². The molecule has 230 valence electrons. The smallest absolute Gasteiger partial charge is 0.247 e. The van der Waals surface area contributed by atoms with Crippen molar-refractivity contribution in [2.24, 2.45) is 0 Å². The van der Waals surface area contributed by atoms with Crippen LogP contribution >= 0.6 is 11.6 Å². The second-order valence-corrected chi connectivity index (χ2v) is 13.8. The number of carbonyl (C=O) groups is 1. The van der Waals surface area contributed by atoms with Crippen molar-refractivity contribution >= 4 is 38.9 Å². The molecule has 0 unspecified atom stereocenters. The lowest BCUT2D eigenvalue weighted by Gasteiger charge is -2.40. The zero-order chi connectivity index (χ0) is 30.7. The Hall–Kier alpha value is -3.12. The Morgan fingerprint density at radius 3 is 2.42 bits per heavy atom. The van der Waals surface area contributed by atoms with E-state index in [0.29, 0.717) is 37.4 Å². The lowest BCUT2D eigenvalue weighted by atomic mass is 10.00. The molecule has 1 saturated heterocycles. The molecule has 2 aliphatic rings. The average Bonchev–Trinajstić information content (AvgIpc) is 3.79. The van der Waals surface area contributed by atoms with Gasteiger partial charge in [-0.25, -0.2) is 21.6 Å². The molecule has 0 aromatic heterocycles. The van der Waals surface area contributed by atoms with Crippen molar-refractivity contribution in [2.75, 3.05) is 23.7 Å². The summed E-state index contributed by atoms with van der Waals surface area (Å²) in [5.74, 6) is -2.67. The van der Waals surface area contributed by atoms with E-state index in [0.717, 1.165) is 23.8 Å². The van der Waals surface area contributed by atoms with E-state index in [9.17, 15) is 22.0 Å². The van der Waals surface area contributed by atoms with E-state index in [-0.39, 0.29) is 47.1 Å². The van der Waals surface area contributed by atoms with E-state index < -0.39 is 39.4 Å². The lowest BCUT2D eigenvalue weighted by molar-refractivity contribution is -0.116. The molecule has 0 radical (unpaired) electrons. The average molecular weight is 635 g/mol. The Labute approximate surface area is 254 Å². The van der Waals surface area contributed by atoms with Crippen LogP contribution in [0.1, 0.15) is 37.3 Å². The Morgan fingerprint density at radius 2 is 1.74 bits per heavy atom. The molecule has 1 amide bonds. The molecule has 1 aliphatic carbocycles. The molecule has 0 spiro atoms.